The standard InChI is InChI=1S/C9H24N4O2S/c1-8(2)6-5-7-11-9(13(3)4)12-16(10,14)15/h8,14-15H,5-7,10H2,1-4H3,(H,11,12). The lowest BCUT2D eigenvalue weighted by molar-refractivity contribution is 0.476. The highest BCUT2D eigenvalue weighted by atomic mass is 32.3. The molecule has 0 aromatic rings. The summed E-state index contributed by atoms with van der Waals surface area (Å²) in [5, 5.41) is 5.10. The van der Waals surface area contributed by atoms with Gasteiger partial charge < -0.3 is 4.90 Å². The van der Waals surface area contributed by atoms with E-state index in [4.69, 9.17) is 14.2 Å². The molecule has 0 spiro atoms. The third-order valence-electron chi connectivity index (χ3n) is 1.87. The van der Waals surface area contributed by atoms with E-state index in [-0.39, 0.29) is 0 Å². The Kier molecular flexibility index (Phi) is 6.73. The first-order valence-corrected chi connectivity index (χ1v) is 6.89. The van der Waals surface area contributed by atoms with Gasteiger partial charge in [0.1, 0.15) is 0 Å². The molecule has 0 aliphatic rings. The van der Waals surface area contributed by atoms with Crippen LogP contribution in [0.4, 0.5) is 0 Å². The molecule has 0 amide bonds. The van der Waals surface area contributed by atoms with Crippen molar-refractivity contribution in [2.24, 2.45) is 16.0 Å². The molecule has 7 heteroatoms. The lowest BCUT2D eigenvalue weighted by Gasteiger charge is -2.30. The van der Waals surface area contributed by atoms with Crippen molar-refractivity contribution in [3.63, 3.8) is 0 Å². The van der Waals surface area contributed by atoms with Gasteiger partial charge in [-0.3, -0.25) is 14.1 Å². The van der Waals surface area contributed by atoms with E-state index in [1.54, 1.807) is 19.0 Å². The summed E-state index contributed by atoms with van der Waals surface area (Å²) in [6, 6.07) is 0. The Bertz CT molecular complexity index is 226. The molecule has 0 atom stereocenters. The van der Waals surface area contributed by atoms with Crippen LogP contribution in [0, 0.1) is 5.92 Å². The lowest BCUT2D eigenvalue weighted by atomic mass is 10.1. The van der Waals surface area contributed by atoms with Gasteiger partial charge in [-0.1, -0.05) is 24.8 Å². The van der Waals surface area contributed by atoms with Crippen molar-refractivity contribution in [1.29, 1.82) is 0 Å². The van der Waals surface area contributed by atoms with Crippen LogP contribution in [0.5, 0.6) is 0 Å². The normalized spacial score (nSPS) is 14.1. The first-order valence-electron chi connectivity index (χ1n) is 5.28. The Hall–Kier alpha value is -0.500. The average molecular weight is 252 g/mol. The van der Waals surface area contributed by atoms with Gasteiger partial charge in [0.15, 0.2) is 0 Å². The molecule has 0 heterocycles. The predicted molar refractivity (Wildman–Crippen MR) is 70.2 cm³/mol. The quantitative estimate of drug-likeness (QED) is 0.338. The van der Waals surface area contributed by atoms with Gasteiger partial charge in [-0.15, -0.1) is 0 Å². The third kappa shape index (κ3) is 8.78. The van der Waals surface area contributed by atoms with Crippen LogP contribution >= 0.6 is 11.0 Å². The summed E-state index contributed by atoms with van der Waals surface area (Å²) in [6.07, 6.45) is 2.07. The summed E-state index contributed by atoms with van der Waals surface area (Å²) < 4.78 is 20.6. The Morgan fingerprint density at radius 1 is 1.44 bits per heavy atom. The minimum atomic E-state index is -3.24. The summed E-state index contributed by atoms with van der Waals surface area (Å²) in [5.74, 6) is 1.05. The largest absolute Gasteiger partial charge is 0.348 e. The Morgan fingerprint density at radius 3 is 2.38 bits per heavy atom. The molecule has 5 N–H and O–H groups in total. The topological polar surface area (TPSA) is 94.1 Å². The fraction of sp³-hybridized carbons (Fsp3) is 0.889. The monoisotopic (exact) mass is 252 g/mol. The summed E-state index contributed by atoms with van der Waals surface area (Å²) >= 11 is 0. The van der Waals surface area contributed by atoms with E-state index >= 15 is 0 Å². The van der Waals surface area contributed by atoms with Crippen LogP contribution in [-0.2, 0) is 0 Å². The van der Waals surface area contributed by atoms with Crippen molar-refractivity contribution < 1.29 is 9.11 Å². The van der Waals surface area contributed by atoms with Crippen molar-refractivity contribution in [2.45, 2.75) is 26.7 Å². The van der Waals surface area contributed by atoms with Gasteiger partial charge in [0.2, 0.25) is 5.96 Å². The molecule has 0 saturated carbocycles. The Balaban J connectivity index is 4.16. The van der Waals surface area contributed by atoms with Gasteiger partial charge in [-0.2, -0.15) is 0 Å². The number of nitrogens with zero attached hydrogens (tertiary/aromatic N) is 2. The molecule has 98 valence electrons. The van der Waals surface area contributed by atoms with Crippen molar-refractivity contribution in [3.8, 4) is 0 Å². The summed E-state index contributed by atoms with van der Waals surface area (Å²) in [7, 11) is 0.282. The molecule has 0 saturated heterocycles. The molecule has 6 nitrogen and oxygen atoms in total. The van der Waals surface area contributed by atoms with Gasteiger partial charge in [0, 0.05) is 20.6 Å². The minimum absolute atomic E-state index is 0.395. The highest BCUT2D eigenvalue weighted by Crippen LogP contribution is 2.21. The van der Waals surface area contributed by atoms with Gasteiger partial charge in [-0.05, 0) is 18.8 Å². The van der Waals surface area contributed by atoms with Crippen molar-refractivity contribution in [1.82, 2.24) is 9.62 Å². The molecular weight excluding hydrogens is 228 g/mol. The Morgan fingerprint density at radius 2 is 2.00 bits per heavy atom. The molecule has 0 aromatic carbocycles. The molecule has 0 aliphatic heterocycles. The fourth-order valence-electron chi connectivity index (χ4n) is 1.08. The van der Waals surface area contributed by atoms with Crippen LogP contribution in [0.15, 0.2) is 4.99 Å². The Labute approximate surface area is 99.5 Å². The highest BCUT2D eigenvalue weighted by Gasteiger charge is 2.09. The molecular formula is C9H24N4O2S. The van der Waals surface area contributed by atoms with Gasteiger partial charge in [0.25, 0.3) is 0 Å². The van der Waals surface area contributed by atoms with Gasteiger partial charge in [0.05, 0.1) is 0 Å². The summed E-state index contributed by atoms with van der Waals surface area (Å²) in [6.45, 7) is 4.96. The van der Waals surface area contributed by atoms with Crippen LogP contribution in [0.1, 0.15) is 26.7 Å². The first kappa shape index (κ1) is 15.5. The van der Waals surface area contributed by atoms with Crippen molar-refractivity contribution >= 4 is 16.9 Å². The molecule has 0 radical (unpaired) electrons. The number of rotatable bonds is 5. The van der Waals surface area contributed by atoms with Crippen LogP contribution in [0.3, 0.4) is 0 Å². The van der Waals surface area contributed by atoms with E-state index in [1.165, 1.54) is 0 Å². The maximum atomic E-state index is 9.08. The van der Waals surface area contributed by atoms with E-state index in [9.17, 15) is 0 Å². The zero-order chi connectivity index (χ0) is 12.8. The second-order valence-corrected chi connectivity index (χ2v) is 5.72. The molecule has 0 bridgehead atoms. The summed E-state index contributed by atoms with van der Waals surface area (Å²) in [4.78, 5) is 5.90. The minimum Gasteiger partial charge on any atom is -0.348 e. The lowest BCUT2D eigenvalue weighted by Crippen LogP contribution is -2.40. The van der Waals surface area contributed by atoms with Crippen LogP contribution in [0.2, 0.25) is 0 Å². The van der Waals surface area contributed by atoms with Crippen LogP contribution < -0.4 is 9.86 Å². The number of aliphatic imine (C=N–C) groups is 1. The summed E-state index contributed by atoms with van der Waals surface area (Å²) in [5.41, 5.74) is 0. The third-order valence-corrected chi connectivity index (χ3v) is 2.35. The van der Waals surface area contributed by atoms with Gasteiger partial charge in [-0.25, -0.2) is 9.86 Å². The van der Waals surface area contributed by atoms with Crippen LogP contribution in [-0.4, -0.2) is 40.6 Å². The number of hydrogen-bond acceptors (Lipinski definition) is 4. The van der Waals surface area contributed by atoms with E-state index in [2.05, 4.69) is 23.6 Å². The molecule has 0 fully saturated rings. The highest BCUT2D eigenvalue weighted by molar-refractivity contribution is 8.21. The van der Waals surface area contributed by atoms with E-state index in [0.29, 0.717) is 18.4 Å². The maximum absolute atomic E-state index is 9.08. The first-order chi connectivity index (χ1) is 7.22. The zero-order valence-corrected chi connectivity index (χ0v) is 11.3. The molecule has 0 unspecified atom stereocenters. The van der Waals surface area contributed by atoms with E-state index in [1.807, 2.05) is 0 Å². The zero-order valence-electron chi connectivity index (χ0n) is 10.5. The van der Waals surface area contributed by atoms with Crippen LogP contribution in [0.25, 0.3) is 0 Å². The number of nitrogens with two attached hydrogens (primary N) is 1. The SMILES string of the molecule is CC(C)CCCN=C(NS(N)(O)O)N(C)C. The maximum Gasteiger partial charge on any atom is 0.213 e. The predicted octanol–water partition coefficient (Wildman–Crippen LogP) is 1.47. The average Bonchev–Trinajstić information content (AvgIpc) is 2.07. The molecule has 0 aromatic heterocycles. The molecule has 0 rings (SSSR count). The number of nitrogens with one attached hydrogen (secondary N) is 1. The fourth-order valence-corrected chi connectivity index (χ4v) is 1.60. The second-order valence-electron chi connectivity index (χ2n) is 4.33. The van der Waals surface area contributed by atoms with Crippen molar-refractivity contribution in [2.75, 3.05) is 20.6 Å². The van der Waals surface area contributed by atoms with E-state index in [0.717, 1.165) is 12.8 Å². The second kappa shape index (κ2) is 6.95. The molecule has 16 heavy (non-hydrogen) atoms. The van der Waals surface area contributed by atoms with Crippen molar-refractivity contribution in [3.05, 3.63) is 0 Å². The smallest absolute Gasteiger partial charge is 0.213 e. The molecule has 0 aliphatic carbocycles. The van der Waals surface area contributed by atoms with Gasteiger partial charge >= 0.3 is 0 Å². The number of hydrogen-bond donors (Lipinski definition) is 4. The van der Waals surface area contributed by atoms with E-state index < -0.39 is 11.0 Å². The number of guanidine groups is 1.